The average molecular weight is 265 g/mol. The van der Waals surface area contributed by atoms with E-state index < -0.39 is 0 Å². The van der Waals surface area contributed by atoms with Crippen molar-refractivity contribution in [1.29, 1.82) is 0 Å². The van der Waals surface area contributed by atoms with Crippen molar-refractivity contribution in [3.8, 4) is 0 Å². The van der Waals surface area contributed by atoms with E-state index in [1.807, 2.05) is 12.3 Å². The summed E-state index contributed by atoms with van der Waals surface area (Å²) in [5.41, 5.74) is 1.39. The van der Waals surface area contributed by atoms with E-state index in [9.17, 15) is 0 Å². The number of nitrogens with zero attached hydrogens (tertiary/aromatic N) is 1. The fourth-order valence-corrected chi connectivity index (χ4v) is 3.79. The molecule has 2 atom stereocenters. The molecule has 0 radical (unpaired) electrons. The number of rotatable bonds is 1. The second-order valence-corrected chi connectivity index (χ2v) is 6.26. The van der Waals surface area contributed by atoms with E-state index in [1.165, 1.54) is 50.8 Å². The first-order valence-corrected chi connectivity index (χ1v) is 7.51. The summed E-state index contributed by atoms with van der Waals surface area (Å²) in [6, 6.07) is 4.10. The van der Waals surface area contributed by atoms with Crippen LogP contribution in [0, 0.1) is 11.8 Å². The van der Waals surface area contributed by atoms with Gasteiger partial charge in [-0.25, -0.2) is 4.98 Å². The van der Waals surface area contributed by atoms with Crippen LogP contribution in [0.2, 0.25) is 5.15 Å². The third-order valence-corrected chi connectivity index (χ3v) is 4.81. The monoisotopic (exact) mass is 264 g/mol. The van der Waals surface area contributed by atoms with Crippen molar-refractivity contribution in [2.45, 2.75) is 38.0 Å². The summed E-state index contributed by atoms with van der Waals surface area (Å²) in [7, 11) is 0. The molecule has 1 saturated heterocycles. The van der Waals surface area contributed by atoms with Gasteiger partial charge in [0, 0.05) is 6.20 Å². The van der Waals surface area contributed by atoms with Crippen LogP contribution in [0.5, 0.6) is 0 Å². The molecule has 0 amide bonds. The Morgan fingerprint density at radius 3 is 2.39 bits per heavy atom. The SMILES string of the molecule is Clc1ccc(C2CC3CCNCCC(C3)C2)cn1. The molecule has 3 rings (SSSR count). The number of aromatic nitrogens is 1. The van der Waals surface area contributed by atoms with Crippen LogP contribution < -0.4 is 5.32 Å². The molecule has 1 saturated carbocycles. The predicted molar refractivity (Wildman–Crippen MR) is 74.9 cm³/mol. The summed E-state index contributed by atoms with van der Waals surface area (Å²) >= 11 is 5.87. The molecule has 2 nitrogen and oxygen atoms in total. The maximum atomic E-state index is 5.87. The lowest BCUT2D eigenvalue weighted by atomic mass is 9.70. The minimum atomic E-state index is 0.605. The Bertz CT molecular complexity index is 376. The highest BCUT2D eigenvalue weighted by molar-refractivity contribution is 6.29. The molecule has 1 aliphatic heterocycles. The molecule has 0 aromatic carbocycles. The smallest absolute Gasteiger partial charge is 0.129 e. The van der Waals surface area contributed by atoms with Gasteiger partial charge in [-0.15, -0.1) is 0 Å². The molecule has 3 heteroatoms. The standard InChI is InChI=1S/C15H21ClN2/c16-15-2-1-13(10-18-15)14-8-11-3-5-17-6-4-12(7-11)9-14/h1-2,10-12,14,17H,3-9H2. The number of hydrogen-bond acceptors (Lipinski definition) is 2. The number of hydrogen-bond donors (Lipinski definition) is 1. The zero-order valence-electron chi connectivity index (χ0n) is 10.7. The summed E-state index contributed by atoms with van der Waals surface area (Å²) in [5.74, 6) is 2.51. The molecule has 2 bridgehead atoms. The van der Waals surface area contributed by atoms with Crippen molar-refractivity contribution in [2.75, 3.05) is 13.1 Å². The Morgan fingerprint density at radius 2 is 1.78 bits per heavy atom. The van der Waals surface area contributed by atoms with E-state index in [2.05, 4.69) is 16.4 Å². The topological polar surface area (TPSA) is 24.9 Å². The van der Waals surface area contributed by atoms with Gasteiger partial charge in [-0.1, -0.05) is 17.7 Å². The summed E-state index contributed by atoms with van der Waals surface area (Å²) in [6.45, 7) is 2.39. The van der Waals surface area contributed by atoms with Crippen molar-refractivity contribution in [3.05, 3.63) is 29.0 Å². The third kappa shape index (κ3) is 2.86. The number of nitrogens with one attached hydrogen (secondary N) is 1. The Hall–Kier alpha value is -0.600. The van der Waals surface area contributed by atoms with Crippen LogP contribution in [0.1, 0.15) is 43.6 Å². The van der Waals surface area contributed by atoms with Crippen molar-refractivity contribution >= 4 is 11.6 Å². The lowest BCUT2D eigenvalue weighted by Crippen LogP contribution is -2.31. The highest BCUT2D eigenvalue weighted by Gasteiger charge is 2.30. The predicted octanol–water partition coefficient (Wildman–Crippen LogP) is 3.62. The molecule has 2 heterocycles. The van der Waals surface area contributed by atoms with Crippen molar-refractivity contribution in [3.63, 3.8) is 0 Å². The summed E-state index contributed by atoms with van der Waals surface area (Å²) in [6.07, 6.45) is 8.78. The quantitative estimate of drug-likeness (QED) is 0.784. The second kappa shape index (κ2) is 5.58. The Kier molecular flexibility index (Phi) is 3.86. The van der Waals surface area contributed by atoms with Crippen molar-refractivity contribution in [2.24, 2.45) is 11.8 Å². The largest absolute Gasteiger partial charge is 0.317 e. The van der Waals surface area contributed by atoms with E-state index in [4.69, 9.17) is 11.6 Å². The highest BCUT2D eigenvalue weighted by atomic mass is 35.5. The molecule has 1 aromatic rings. The van der Waals surface area contributed by atoms with Gasteiger partial charge in [-0.2, -0.15) is 0 Å². The lowest BCUT2D eigenvalue weighted by molar-refractivity contribution is 0.202. The van der Waals surface area contributed by atoms with Gasteiger partial charge in [0.15, 0.2) is 0 Å². The molecule has 98 valence electrons. The van der Waals surface area contributed by atoms with Crippen LogP contribution >= 0.6 is 11.6 Å². The average Bonchev–Trinajstić information content (AvgIpc) is 2.37. The molecule has 1 N–H and O–H groups in total. The summed E-state index contributed by atoms with van der Waals surface area (Å²) in [4.78, 5) is 4.24. The fraction of sp³-hybridized carbons (Fsp3) is 0.667. The number of pyridine rings is 1. The summed E-state index contributed by atoms with van der Waals surface area (Å²) in [5, 5.41) is 4.15. The van der Waals surface area contributed by atoms with Gasteiger partial charge in [0.2, 0.25) is 0 Å². The molecule has 2 aliphatic rings. The van der Waals surface area contributed by atoms with Crippen molar-refractivity contribution < 1.29 is 0 Å². The first-order chi connectivity index (χ1) is 8.81. The van der Waals surface area contributed by atoms with Gasteiger partial charge < -0.3 is 5.32 Å². The molecule has 1 aliphatic carbocycles. The first-order valence-electron chi connectivity index (χ1n) is 7.13. The second-order valence-electron chi connectivity index (χ2n) is 5.88. The first kappa shape index (κ1) is 12.4. The molecular weight excluding hydrogens is 244 g/mol. The van der Waals surface area contributed by atoms with Gasteiger partial charge in [0.1, 0.15) is 5.15 Å². The Morgan fingerprint density at radius 1 is 1.06 bits per heavy atom. The minimum Gasteiger partial charge on any atom is -0.317 e. The minimum absolute atomic E-state index is 0.605. The van der Waals surface area contributed by atoms with Crippen LogP contribution in [0.15, 0.2) is 18.3 Å². The lowest BCUT2D eigenvalue weighted by Gasteiger charge is -2.37. The molecule has 2 unspecified atom stereocenters. The van der Waals surface area contributed by atoms with Gasteiger partial charge in [0.25, 0.3) is 0 Å². The third-order valence-electron chi connectivity index (χ3n) is 4.58. The molecule has 1 aromatic heterocycles. The number of fused-ring (bicyclic) bond motifs is 2. The van der Waals surface area contributed by atoms with Gasteiger partial charge >= 0.3 is 0 Å². The van der Waals surface area contributed by atoms with Crippen LogP contribution in [-0.4, -0.2) is 18.1 Å². The highest BCUT2D eigenvalue weighted by Crippen LogP contribution is 2.42. The molecule has 18 heavy (non-hydrogen) atoms. The van der Waals surface area contributed by atoms with E-state index in [0.717, 1.165) is 11.8 Å². The zero-order chi connectivity index (χ0) is 12.4. The van der Waals surface area contributed by atoms with E-state index >= 15 is 0 Å². The van der Waals surface area contributed by atoms with Gasteiger partial charge in [-0.05, 0) is 74.6 Å². The van der Waals surface area contributed by atoms with Crippen LogP contribution in [-0.2, 0) is 0 Å². The molecule has 2 fully saturated rings. The van der Waals surface area contributed by atoms with E-state index in [-0.39, 0.29) is 0 Å². The summed E-state index contributed by atoms with van der Waals surface area (Å²) < 4.78 is 0. The zero-order valence-corrected chi connectivity index (χ0v) is 11.5. The Labute approximate surface area is 114 Å². The van der Waals surface area contributed by atoms with Gasteiger partial charge in [-0.3, -0.25) is 0 Å². The van der Waals surface area contributed by atoms with Crippen LogP contribution in [0.25, 0.3) is 0 Å². The normalized spacial score (nSPS) is 32.6. The fourth-order valence-electron chi connectivity index (χ4n) is 3.67. The molecular formula is C15H21ClN2. The van der Waals surface area contributed by atoms with E-state index in [1.54, 1.807) is 0 Å². The maximum absolute atomic E-state index is 5.87. The van der Waals surface area contributed by atoms with Gasteiger partial charge in [0.05, 0.1) is 0 Å². The molecule has 0 spiro atoms. The number of halogens is 1. The van der Waals surface area contributed by atoms with Crippen LogP contribution in [0.3, 0.4) is 0 Å². The Balaban J connectivity index is 1.74. The van der Waals surface area contributed by atoms with Crippen LogP contribution in [0.4, 0.5) is 0 Å². The van der Waals surface area contributed by atoms with Crippen molar-refractivity contribution in [1.82, 2.24) is 10.3 Å². The maximum Gasteiger partial charge on any atom is 0.129 e. The van der Waals surface area contributed by atoms with E-state index in [0.29, 0.717) is 11.1 Å².